The lowest BCUT2D eigenvalue weighted by molar-refractivity contribution is 0.0548. The molecule has 1 aromatic carbocycles. The molecule has 0 spiro atoms. The highest BCUT2D eigenvalue weighted by atomic mass is 16.5. The van der Waals surface area contributed by atoms with Crippen molar-refractivity contribution in [1.82, 2.24) is 4.81 Å². The lowest BCUT2D eigenvalue weighted by atomic mass is 9.72. The Morgan fingerprint density at radius 3 is 2.67 bits per heavy atom. The SMILES string of the molecule is CCC1(CC)OB(c2ccccc2)N2CCC[C@H]21. The van der Waals surface area contributed by atoms with Crippen LogP contribution in [0.1, 0.15) is 39.5 Å². The Kier molecular flexibility index (Phi) is 3.20. The minimum absolute atomic E-state index is 0.0804. The van der Waals surface area contributed by atoms with E-state index in [0.717, 1.165) is 12.8 Å². The maximum absolute atomic E-state index is 6.53. The predicted molar refractivity (Wildman–Crippen MR) is 76.0 cm³/mol. The zero-order valence-electron chi connectivity index (χ0n) is 11.4. The maximum atomic E-state index is 6.53. The summed E-state index contributed by atoms with van der Waals surface area (Å²) in [7, 11) is 0.179. The van der Waals surface area contributed by atoms with Gasteiger partial charge in [0.05, 0.1) is 5.60 Å². The molecule has 0 unspecified atom stereocenters. The number of rotatable bonds is 3. The van der Waals surface area contributed by atoms with Crippen molar-refractivity contribution < 1.29 is 4.65 Å². The van der Waals surface area contributed by atoms with Crippen LogP contribution < -0.4 is 5.46 Å². The standard InChI is InChI=1S/C15H22BNO/c1-3-15(4-2)14-11-8-12-17(14)16(18-15)13-9-6-5-7-10-13/h5-7,9-10,14H,3-4,8,11-12H2,1-2H3/t14-/m0/s1. The highest BCUT2D eigenvalue weighted by Gasteiger charge is 2.55. The first-order valence-corrected chi connectivity index (χ1v) is 7.29. The lowest BCUT2D eigenvalue weighted by Crippen LogP contribution is -2.45. The fraction of sp³-hybridized carbons (Fsp3) is 0.600. The van der Waals surface area contributed by atoms with Gasteiger partial charge in [-0.1, -0.05) is 44.2 Å². The quantitative estimate of drug-likeness (QED) is 0.756. The van der Waals surface area contributed by atoms with Crippen LogP contribution in [0.4, 0.5) is 0 Å². The molecule has 2 aliphatic rings. The largest absolute Gasteiger partial charge is 0.419 e. The van der Waals surface area contributed by atoms with E-state index in [2.05, 4.69) is 49.0 Å². The van der Waals surface area contributed by atoms with Gasteiger partial charge in [-0.3, -0.25) is 0 Å². The molecule has 0 aromatic heterocycles. The summed E-state index contributed by atoms with van der Waals surface area (Å²) in [5.74, 6) is 0. The van der Waals surface area contributed by atoms with E-state index in [-0.39, 0.29) is 12.7 Å². The van der Waals surface area contributed by atoms with Crippen molar-refractivity contribution in [3.8, 4) is 0 Å². The third kappa shape index (κ3) is 1.72. The summed E-state index contributed by atoms with van der Waals surface area (Å²) in [6.07, 6.45) is 4.85. The fourth-order valence-electron chi connectivity index (χ4n) is 3.77. The van der Waals surface area contributed by atoms with Gasteiger partial charge in [0.15, 0.2) is 0 Å². The van der Waals surface area contributed by atoms with E-state index < -0.39 is 0 Å². The van der Waals surface area contributed by atoms with Crippen molar-refractivity contribution in [3.63, 3.8) is 0 Å². The number of fused-ring (bicyclic) bond motifs is 1. The summed E-state index contributed by atoms with van der Waals surface area (Å²) in [6.45, 7) is 5.73. The van der Waals surface area contributed by atoms with E-state index in [1.54, 1.807) is 0 Å². The van der Waals surface area contributed by atoms with Gasteiger partial charge < -0.3 is 9.47 Å². The Labute approximate surface area is 110 Å². The van der Waals surface area contributed by atoms with Crippen LogP contribution in [0, 0.1) is 0 Å². The molecule has 2 fully saturated rings. The van der Waals surface area contributed by atoms with Gasteiger partial charge in [-0.05, 0) is 37.7 Å². The van der Waals surface area contributed by atoms with E-state index >= 15 is 0 Å². The summed E-state index contributed by atoms with van der Waals surface area (Å²) in [6, 6.07) is 11.3. The topological polar surface area (TPSA) is 12.5 Å². The molecule has 1 atom stereocenters. The number of nitrogens with zero attached hydrogens (tertiary/aromatic N) is 1. The van der Waals surface area contributed by atoms with Crippen LogP contribution in [0.2, 0.25) is 0 Å². The molecule has 0 aliphatic carbocycles. The molecule has 1 aromatic rings. The Bertz CT molecular complexity index is 404. The van der Waals surface area contributed by atoms with E-state index in [4.69, 9.17) is 4.65 Å². The number of hydrogen-bond donors (Lipinski definition) is 0. The second kappa shape index (κ2) is 4.71. The molecule has 18 heavy (non-hydrogen) atoms. The normalized spacial score (nSPS) is 26.6. The van der Waals surface area contributed by atoms with Gasteiger partial charge in [0.25, 0.3) is 0 Å². The molecule has 0 amide bonds. The van der Waals surface area contributed by atoms with Crippen molar-refractivity contribution in [2.24, 2.45) is 0 Å². The first-order valence-electron chi connectivity index (χ1n) is 7.29. The van der Waals surface area contributed by atoms with E-state index in [1.165, 1.54) is 24.8 Å². The fourth-order valence-corrected chi connectivity index (χ4v) is 3.77. The highest BCUT2D eigenvalue weighted by Crippen LogP contribution is 2.41. The average molecular weight is 243 g/mol. The summed E-state index contributed by atoms with van der Waals surface area (Å²) in [5, 5.41) is 0. The molecule has 96 valence electrons. The van der Waals surface area contributed by atoms with Crippen molar-refractivity contribution in [2.45, 2.75) is 51.2 Å². The first-order chi connectivity index (χ1) is 8.80. The van der Waals surface area contributed by atoms with Gasteiger partial charge in [0.1, 0.15) is 0 Å². The minimum Gasteiger partial charge on any atom is -0.410 e. The Morgan fingerprint density at radius 1 is 1.28 bits per heavy atom. The lowest BCUT2D eigenvalue weighted by Gasteiger charge is -2.32. The molecule has 0 bridgehead atoms. The second-order valence-corrected chi connectivity index (χ2v) is 5.55. The molecule has 3 rings (SSSR count). The predicted octanol–water partition coefficient (Wildman–Crippen LogP) is 2.44. The maximum Gasteiger partial charge on any atom is 0.419 e. The van der Waals surface area contributed by atoms with Crippen molar-refractivity contribution in [3.05, 3.63) is 30.3 Å². The second-order valence-electron chi connectivity index (χ2n) is 5.55. The molecule has 2 saturated heterocycles. The van der Waals surface area contributed by atoms with Gasteiger partial charge in [0.2, 0.25) is 0 Å². The van der Waals surface area contributed by atoms with Gasteiger partial charge in [-0.15, -0.1) is 0 Å². The third-order valence-corrected chi connectivity index (χ3v) is 4.83. The summed E-state index contributed by atoms with van der Waals surface area (Å²) < 4.78 is 6.53. The summed E-state index contributed by atoms with van der Waals surface area (Å²) in [5.41, 5.74) is 1.39. The zero-order chi connectivity index (χ0) is 12.6. The molecular formula is C15H22BNO. The van der Waals surface area contributed by atoms with Crippen LogP contribution in [0.3, 0.4) is 0 Å². The Morgan fingerprint density at radius 2 is 2.00 bits per heavy atom. The number of benzene rings is 1. The van der Waals surface area contributed by atoms with Crippen LogP contribution in [-0.2, 0) is 4.65 Å². The molecule has 3 heteroatoms. The monoisotopic (exact) mass is 243 g/mol. The van der Waals surface area contributed by atoms with Gasteiger partial charge in [0, 0.05) is 6.04 Å². The van der Waals surface area contributed by atoms with Crippen molar-refractivity contribution >= 4 is 12.5 Å². The van der Waals surface area contributed by atoms with Crippen molar-refractivity contribution in [1.29, 1.82) is 0 Å². The van der Waals surface area contributed by atoms with Crippen LogP contribution in [0.5, 0.6) is 0 Å². The average Bonchev–Trinajstić information content (AvgIpc) is 3.01. The van der Waals surface area contributed by atoms with E-state index in [9.17, 15) is 0 Å². The smallest absolute Gasteiger partial charge is 0.410 e. The van der Waals surface area contributed by atoms with Gasteiger partial charge in [-0.25, -0.2) is 0 Å². The van der Waals surface area contributed by atoms with E-state index in [0.29, 0.717) is 6.04 Å². The van der Waals surface area contributed by atoms with E-state index in [1.807, 2.05) is 0 Å². The van der Waals surface area contributed by atoms with Crippen molar-refractivity contribution in [2.75, 3.05) is 6.54 Å². The molecule has 0 radical (unpaired) electrons. The molecule has 0 saturated carbocycles. The third-order valence-electron chi connectivity index (χ3n) is 4.83. The first kappa shape index (κ1) is 12.2. The summed E-state index contributed by atoms with van der Waals surface area (Å²) >= 11 is 0. The van der Waals surface area contributed by atoms with Crippen LogP contribution >= 0.6 is 0 Å². The molecule has 2 nitrogen and oxygen atoms in total. The minimum atomic E-state index is 0.0804. The van der Waals surface area contributed by atoms with Gasteiger partial charge in [-0.2, -0.15) is 0 Å². The van der Waals surface area contributed by atoms with Crippen LogP contribution in [-0.4, -0.2) is 30.0 Å². The Hall–Kier alpha value is -0.795. The highest BCUT2D eigenvalue weighted by molar-refractivity contribution is 6.65. The zero-order valence-corrected chi connectivity index (χ0v) is 11.4. The molecule has 2 heterocycles. The van der Waals surface area contributed by atoms with Crippen LogP contribution in [0.25, 0.3) is 0 Å². The number of hydrogen-bond acceptors (Lipinski definition) is 2. The van der Waals surface area contributed by atoms with Crippen LogP contribution in [0.15, 0.2) is 30.3 Å². The summed E-state index contributed by atoms with van der Waals surface area (Å²) in [4.78, 5) is 2.59. The molecule has 2 aliphatic heterocycles. The molecular weight excluding hydrogens is 221 g/mol. The molecule has 0 N–H and O–H groups in total. The Balaban J connectivity index is 1.94. The van der Waals surface area contributed by atoms with Gasteiger partial charge >= 0.3 is 7.05 Å².